The van der Waals surface area contributed by atoms with Crippen molar-refractivity contribution in [2.45, 2.75) is 12.3 Å². The molecular weight excluding hydrogens is 679 g/mol. The molecule has 0 fully saturated rings. The van der Waals surface area contributed by atoms with Crippen LogP contribution in [-0.4, -0.2) is 0 Å². The molecule has 1 aliphatic carbocycles. The molecule has 56 heavy (non-hydrogen) atoms. The Bertz CT molecular complexity index is 3040. The van der Waals surface area contributed by atoms with E-state index in [1.54, 1.807) is 0 Å². The topological polar surface area (TPSA) is 16.4 Å². The summed E-state index contributed by atoms with van der Waals surface area (Å²) in [6.45, 7) is 2.38. The van der Waals surface area contributed by atoms with Crippen LogP contribution in [0.3, 0.4) is 0 Å². The molecule has 0 saturated heterocycles. The number of anilines is 3. The Kier molecular flexibility index (Phi) is 7.33. The molecular formula is C54H37NO. The van der Waals surface area contributed by atoms with Gasteiger partial charge in [0, 0.05) is 27.6 Å². The third kappa shape index (κ3) is 4.96. The second-order valence-corrected chi connectivity index (χ2v) is 15.0. The Balaban J connectivity index is 1.09. The number of nitrogens with zero attached hydrogens (tertiary/aromatic N) is 1. The van der Waals surface area contributed by atoms with Crippen molar-refractivity contribution >= 4 is 49.8 Å². The van der Waals surface area contributed by atoms with E-state index in [1.807, 2.05) is 0 Å². The lowest BCUT2D eigenvalue weighted by Crippen LogP contribution is -2.22. The second-order valence-electron chi connectivity index (χ2n) is 15.0. The highest BCUT2D eigenvalue weighted by Gasteiger charge is 2.42. The van der Waals surface area contributed by atoms with Crippen LogP contribution < -0.4 is 4.90 Å². The molecule has 264 valence electrons. The van der Waals surface area contributed by atoms with E-state index >= 15 is 0 Å². The Morgan fingerprint density at radius 1 is 0.411 bits per heavy atom. The van der Waals surface area contributed by atoms with Crippen LogP contribution in [0.5, 0.6) is 0 Å². The van der Waals surface area contributed by atoms with Gasteiger partial charge in [-0.25, -0.2) is 0 Å². The first-order chi connectivity index (χ1) is 27.6. The predicted octanol–water partition coefficient (Wildman–Crippen LogP) is 14.9. The largest absolute Gasteiger partial charge is 0.454 e. The number of fused-ring (bicyclic) bond motifs is 7. The van der Waals surface area contributed by atoms with Crippen LogP contribution in [-0.2, 0) is 5.41 Å². The number of furan rings is 1. The first kappa shape index (κ1) is 32.3. The quantitative estimate of drug-likeness (QED) is 0.170. The average molecular weight is 716 g/mol. The molecule has 0 aliphatic heterocycles. The van der Waals surface area contributed by atoms with Gasteiger partial charge in [-0.1, -0.05) is 164 Å². The smallest absolute Gasteiger partial charge is 0.159 e. The molecule has 0 unspecified atom stereocenters. The van der Waals surface area contributed by atoms with Crippen molar-refractivity contribution in [2.24, 2.45) is 0 Å². The molecule has 2 nitrogen and oxygen atoms in total. The summed E-state index contributed by atoms with van der Waals surface area (Å²) in [6, 6.07) is 74.5. The minimum atomic E-state index is -0.356. The molecule has 0 radical (unpaired) electrons. The Hall–Kier alpha value is -7.16. The first-order valence-corrected chi connectivity index (χ1v) is 19.3. The maximum atomic E-state index is 7.01. The Morgan fingerprint density at radius 2 is 0.946 bits per heavy atom. The maximum Gasteiger partial charge on any atom is 0.159 e. The van der Waals surface area contributed by atoms with Crippen LogP contribution in [0.1, 0.15) is 23.6 Å². The standard InChI is InChI=1S/C54H37NO/c1-54(47-20-9-7-17-44(47)45-18-8-10-21-48(45)54)49-22-12-24-51-52(49)46-19-11-23-50(53(46)56-51)55(42-31-27-38(28-32-42)36-13-3-2-4-14-36)43-33-29-39(30-34-43)41-26-25-37-15-5-6-16-40(37)35-41/h2-35H,1H3. The highest BCUT2D eigenvalue weighted by Crippen LogP contribution is 2.55. The molecule has 0 bridgehead atoms. The van der Waals surface area contributed by atoms with Gasteiger partial charge in [-0.3, -0.25) is 0 Å². The fourth-order valence-electron chi connectivity index (χ4n) is 9.20. The molecule has 0 N–H and O–H groups in total. The van der Waals surface area contributed by atoms with Gasteiger partial charge in [0.15, 0.2) is 5.58 Å². The van der Waals surface area contributed by atoms with Crippen molar-refractivity contribution in [1.82, 2.24) is 0 Å². The minimum Gasteiger partial charge on any atom is -0.454 e. The van der Waals surface area contributed by atoms with E-state index in [-0.39, 0.29) is 5.41 Å². The molecule has 0 atom stereocenters. The van der Waals surface area contributed by atoms with E-state index in [1.165, 1.54) is 60.8 Å². The van der Waals surface area contributed by atoms with Crippen molar-refractivity contribution in [2.75, 3.05) is 4.90 Å². The lowest BCUT2D eigenvalue weighted by molar-refractivity contribution is 0.666. The molecule has 2 heteroatoms. The number of hydrogen-bond acceptors (Lipinski definition) is 2. The summed E-state index contributed by atoms with van der Waals surface area (Å²) in [5, 5.41) is 4.75. The minimum absolute atomic E-state index is 0.356. The summed E-state index contributed by atoms with van der Waals surface area (Å²) in [5.74, 6) is 0. The van der Waals surface area contributed by atoms with Crippen LogP contribution >= 0.6 is 0 Å². The van der Waals surface area contributed by atoms with Gasteiger partial charge in [-0.2, -0.15) is 0 Å². The SMILES string of the molecule is CC1(c2cccc3oc4c(N(c5ccc(-c6ccccc6)cc5)c5ccc(-c6ccc7ccccc7c6)cc5)cccc4c23)c2ccccc2-c2ccccc21. The van der Waals surface area contributed by atoms with E-state index < -0.39 is 0 Å². The van der Waals surface area contributed by atoms with Crippen molar-refractivity contribution in [3.05, 3.63) is 223 Å². The van der Waals surface area contributed by atoms with Gasteiger partial charge in [0.1, 0.15) is 5.58 Å². The molecule has 0 spiro atoms. The monoisotopic (exact) mass is 715 g/mol. The van der Waals surface area contributed by atoms with E-state index in [0.29, 0.717) is 0 Å². The zero-order valence-corrected chi connectivity index (χ0v) is 31.0. The number of benzene rings is 9. The normalized spacial score (nSPS) is 12.9. The van der Waals surface area contributed by atoms with E-state index in [4.69, 9.17) is 4.42 Å². The van der Waals surface area contributed by atoms with E-state index in [9.17, 15) is 0 Å². The van der Waals surface area contributed by atoms with Gasteiger partial charge in [-0.15, -0.1) is 0 Å². The fraction of sp³-hybridized carbons (Fsp3) is 0.0370. The van der Waals surface area contributed by atoms with Gasteiger partial charge in [-0.05, 0) is 110 Å². The van der Waals surface area contributed by atoms with Gasteiger partial charge < -0.3 is 9.32 Å². The molecule has 9 aromatic carbocycles. The molecule has 10 aromatic rings. The third-order valence-corrected chi connectivity index (χ3v) is 11.9. The predicted molar refractivity (Wildman–Crippen MR) is 234 cm³/mol. The lowest BCUT2D eigenvalue weighted by atomic mass is 9.73. The zero-order valence-electron chi connectivity index (χ0n) is 31.0. The molecule has 1 aromatic heterocycles. The van der Waals surface area contributed by atoms with Crippen LogP contribution in [0.15, 0.2) is 211 Å². The summed E-state index contributed by atoms with van der Waals surface area (Å²) in [7, 11) is 0. The van der Waals surface area contributed by atoms with Crippen LogP contribution in [0.4, 0.5) is 17.1 Å². The van der Waals surface area contributed by atoms with Gasteiger partial charge in [0.2, 0.25) is 0 Å². The number of para-hydroxylation sites is 1. The maximum absolute atomic E-state index is 7.01. The van der Waals surface area contributed by atoms with Crippen LogP contribution in [0.25, 0.3) is 66.1 Å². The van der Waals surface area contributed by atoms with Crippen molar-refractivity contribution in [3.63, 3.8) is 0 Å². The van der Waals surface area contributed by atoms with Gasteiger partial charge >= 0.3 is 0 Å². The summed E-state index contributed by atoms with van der Waals surface area (Å²) in [6.07, 6.45) is 0. The highest BCUT2D eigenvalue weighted by molar-refractivity contribution is 6.12. The Labute approximate surface area is 326 Å². The van der Waals surface area contributed by atoms with Crippen molar-refractivity contribution < 1.29 is 4.42 Å². The number of hydrogen-bond donors (Lipinski definition) is 0. The summed E-state index contributed by atoms with van der Waals surface area (Å²) in [4.78, 5) is 2.34. The number of rotatable bonds is 6. The van der Waals surface area contributed by atoms with Crippen LogP contribution in [0.2, 0.25) is 0 Å². The van der Waals surface area contributed by atoms with E-state index in [2.05, 4.69) is 218 Å². The summed E-state index contributed by atoms with van der Waals surface area (Å²) in [5.41, 5.74) is 15.8. The first-order valence-electron chi connectivity index (χ1n) is 19.3. The third-order valence-electron chi connectivity index (χ3n) is 11.9. The molecule has 11 rings (SSSR count). The lowest BCUT2D eigenvalue weighted by Gasteiger charge is -2.29. The summed E-state index contributed by atoms with van der Waals surface area (Å²) >= 11 is 0. The Morgan fingerprint density at radius 3 is 1.64 bits per heavy atom. The highest BCUT2D eigenvalue weighted by atomic mass is 16.3. The summed E-state index contributed by atoms with van der Waals surface area (Å²) < 4.78 is 7.01. The second kappa shape index (κ2) is 12.7. The van der Waals surface area contributed by atoms with Gasteiger partial charge in [0.05, 0.1) is 5.69 Å². The fourth-order valence-corrected chi connectivity index (χ4v) is 9.20. The molecule has 0 saturated carbocycles. The average Bonchev–Trinajstić information content (AvgIpc) is 3.78. The van der Waals surface area contributed by atoms with Crippen LogP contribution in [0, 0.1) is 0 Å². The zero-order chi connectivity index (χ0) is 37.2. The van der Waals surface area contributed by atoms with Gasteiger partial charge in [0.25, 0.3) is 0 Å². The molecule has 0 amide bonds. The van der Waals surface area contributed by atoms with Crippen molar-refractivity contribution in [3.8, 4) is 33.4 Å². The van der Waals surface area contributed by atoms with E-state index in [0.717, 1.165) is 39.0 Å². The molecule has 1 heterocycles. The van der Waals surface area contributed by atoms with Crippen molar-refractivity contribution in [1.29, 1.82) is 0 Å². The molecule has 1 aliphatic rings.